The van der Waals surface area contributed by atoms with Gasteiger partial charge in [-0.15, -0.1) is 12.6 Å². The maximum Gasteiger partial charge on any atom is 0.00237 e. The fourth-order valence-electron chi connectivity index (χ4n) is 2.71. The van der Waals surface area contributed by atoms with E-state index in [1.807, 2.05) is 0 Å². The first kappa shape index (κ1) is 20.1. The van der Waals surface area contributed by atoms with E-state index in [1.165, 1.54) is 15.6 Å². The van der Waals surface area contributed by atoms with Gasteiger partial charge in [-0.25, -0.2) is 0 Å². The molecule has 0 nitrogen and oxygen atoms in total. The summed E-state index contributed by atoms with van der Waals surface area (Å²) in [6.07, 6.45) is 11.5. The van der Waals surface area contributed by atoms with Crippen molar-refractivity contribution in [3.63, 3.8) is 0 Å². The van der Waals surface area contributed by atoms with Crippen LogP contribution in [0.2, 0.25) is 0 Å². The van der Waals surface area contributed by atoms with Crippen LogP contribution < -0.4 is 0 Å². The third kappa shape index (κ3) is 6.27. The van der Waals surface area contributed by atoms with Gasteiger partial charge in [-0.3, -0.25) is 0 Å². The molecule has 3 atom stereocenters. The Morgan fingerprint density at radius 2 is 2.05 bits per heavy atom. The first-order valence-corrected chi connectivity index (χ1v) is 10.2. The van der Waals surface area contributed by atoms with Crippen LogP contribution in [0.25, 0.3) is 0 Å². The second kappa shape index (κ2) is 8.77. The third-order valence-corrected chi connectivity index (χ3v) is 6.08. The van der Waals surface area contributed by atoms with Crippen LogP contribution >= 0.6 is 35.2 Å². The standard InChI is InChI=1S/C20H31IS/c1-14(15(2)13-21)11-18(12-16(3)22)17-7-9-19(10-8-17)20(4,5)6/h7,9-10,12,14-15,17,22H,3,8,11,13H2,1-2,4-6H3/b18-12+/t14-,15+,17?/m0/s1. The Bertz CT molecular complexity index is 476. The summed E-state index contributed by atoms with van der Waals surface area (Å²) in [5.41, 5.74) is 3.16. The predicted molar refractivity (Wildman–Crippen MR) is 113 cm³/mol. The van der Waals surface area contributed by atoms with Crippen molar-refractivity contribution in [2.45, 2.75) is 47.5 Å². The number of rotatable bonds is 6. The largest absolute Gasteiger partial charge is 0.144 e. The molecule has 0 spiro atoms. The van der Waals surface area contributed by atoms with Crippen LogP contribution in [0.1, 0.15) is 47.5 Å². The van der Waals surface area contributed by atoms with Crippen LogP contribution in [-0.4, -0.2) is 4.43 Å². The van der Waals surface area contributed by atoms with Gasteiger partial charge < -0.3 is 0 Å². The molecule has 0 fully saturated rings. The van der Waals surface area contributed by atoms with Crippen LogP contribution in [0, 0.1) is 23.2 Å². The number of hydrogen-bond donors (Lipinski definition) is 1. The zero-order valence-electron chi connectivity index (χ0n) is 14.7. The van der Waals surface area contributed by atoms with E-state index in [2.05, 4.69) is 101 Å². The van der Waals surface area contributed by atoms with Gasteiger partial charge in [0.2, 0.25) is 0 Å². The highest BCUT2D eigenvalue weighted by Gasteiger charge is 2.22. The van der Waals surface area contributed by atoms with Crippen molar-refractivity contribution < 1.29 is 0 Å². The normalized spacial score (nSPS) is 22.2. The van der Waals surface area contributed by atoms with Crippen LogP contribution in [0.4, 0.5) is 0 Å². The van der Waals surface area contributed by atoms with Crippen molar-refractivity contribution in [2.24, 2.45) is 23.2 Å². The fourth-order valence-corrected chi connectivity index (χ4v) is 3.74. The minimum absolute atomic E-state index is 0.238. The fraction of sp³-hybridized carbons (Fsp3) is 0.600. The molecule has 1 aliphatic carbocycles. The molecule has 0 aromatic heterocycles. The summed E-state index contributed by atoms with van der Waals surface area (Å²) < 4.78 is 1.21. The van der Waals surface area contributed by atoms with Crippen molar-refractivity contribution in [1.82, 2.24) is 0 Å². The van der Waals surface area contributed by atoms with Crippen LogP contribution in [0.5, 0.6) is 0 Å². The van der Waals surface area contributed by atoms with E-state index in [9.17, 15) is 0 Å². The van der Waals surface area contributed by atoms with E-state index in [-0.39, 0.29) is 5.41 Å². The lowest BCUT2D eigenvalue weighted by Crippen LogP contribution is -2.16. The minimum Gasteiger partial charge on any atom is -0.144 e. The van der Waals surface area contributed by atoms with Gasteiger partial charge in [0.1, 0.15) is 0 Å². The van der Waals surface area contributed by atoms with E-state index in [4.69, 9.17) is 0 Å². The molecule has 0 amide bonds. The smallest absolute Gasteiger partial charge is 0.00237 e. The SMILES string of the molecule is C=C(S)/C=C(\C[C@H](C)[C@H](C)CI)C1C=CC(C(C)(C)C)=CC1. The number of allylic oxidation sites excluding steroid dienone is 6. The van der Waals surface area contributed by atoms with Gasteiger partial charge in [-0.1, -0.05) is 87.6 Å². The Balaban J connectivity index is 2.87. The molecule has 0 aliphatic heterocycles. The van der Waals surface area contributed by atoms with Crippen molar-refractivity contribution >= 4 is 35.2 Å². The van der Waals surface area contributed by atoms with Crippen LogP contribution in [-0.2, 0) is 0 Å². The molecule has 1 unspecified atom stereocenters. The molecule has 1 rings (SSSR count). The zero-order chi connectivity index (χ0) is 16.9. The lowest BCUT2D eigenvalue weighted by atomic mass is 9.78. The maximum atomic E-state index is 4.41. The van der Waals surface area contributed by atoms with Gasteiger partial charge in [-0.05, 0) is 46.6 Å². The molecule has 0 radical (unpaired) electrons. The molecule has 0 heterocycles. The molecule has 0 aromatic rings. The van der Waals surface area contributed by atoms with E-state index in [1.54, 1.807) is 0 Å². The number of alkyl halides is 1. The molecule has 1 aliphatic rings. The van der Waals surface area contributed by atoms with Gasteiger partial charge in [0.05, 0.1) is 0 Å². The summed E-state index contributed by atoms with van der Waals surface area (Å²) in [7, 11) is 0. The molecule has 0 N–H and O–H groups in total. The minimum atomic E-state index is 0.238. The molecule has 0 saturated heterocycles. The Morgan fingerprint density at radius 1 is 1.41 bits per heavy atom. The average molecular weight is 430 g/mol. The summed E-state index contributed by atoms with van der Waals surface area (Å²) in [4.78, 5) is 0.864. The van der Waals surface area contributed by atoms with Crippen LogP contribution in [0.15, 0.2) is 46.9 Å². The predicted octanol–water partition coefficient (Wildman–Crippen LogP) is 7.00. The molecular formula is C20H31IS. The second-order valence-corrected chi connectivity index (χ2v) is 9.09. The van der Waals surface area contributed by atoms with Crippen molar-refractivity contribution in [2.75, 3.05) is 4.43 Å². The van der Waals surface area contributed by atoms with Crippen molar-refractivity contribution in [3.05, 3.63) is 46.9 Å². The van der Waals surface area contributed by atoms with Crippen LogP contribution in [0.3, 0.4) is 0 Å². The molecule has 0 saturated carbocycles. The highest BCUT2D eigenvalue weighted by atomic mass is 127. The molecule has 2 heteroatoms. The summed E-state index contributed by atoms with van der Waals surface area (Å²) in [5.74, 6) is 1.93. The van der Waals surface area contributed by atoms with Crippen molar-refractivity contribution in [1.29, 1.82) is 0 Å². The summed E-state index contributed by atoms with van der Waals surface area (Å²) in [6.45, 7) is 15.5. The van der Waals surface area contributed by atoms with Gasteiger partial charge in [0.25, 0.3) is 0 Å². The Labute approximate surface area is 156 Å². The molecule has 0 aromatic carbocycles. The quantitative estimate of drug-likeness (QED) is 0.199. The summed E-state index contributed by atoms with van der Waals surface area (Å²) >= 11 is 6.90. The summed E-state index contributed by atoms with van der Waals surface area (Å²) in [5, 5.41) is 0. The monoisotopic (exact) mass is 430 g/mol. The number of halogens is 1. The van der Waals surface area contributed by atoms with Gasteiger partial charge in [0, 0.05) is 10.3 Å². The first-order valence-electron chi connectivity index (χ1n) is 8.18. The Hall–Kier alpha value is 0.0400. The summed E-state index contributed by atoms with van der Waals surface area (Å²) in [6, 6.07) is 0. The van der Waals surface area contributed by atoms with E-state index < -0.39 is 0 Å². The topological polar surface area (TPSA) is 0 Å². The van der Waals surface area contributed by atoms with Gasteiger partial charge >= 0.3 is 0 Å². The van der Waals surface area contributed by atoms with Gasteiger partial charge in [0.15, 0.2) is 0 Å². The van der Waals surface area contributed by atoms with E-state index in [0.717, 1.165) is 23.7 Å². The average Bonchev–Trinajstić information content (AvgIpc) is 2.44. The lowest BCUT2D eigenvalue weighted by Gasteiger charge is -2.28. The zero-order valence-corrected chi connectivity index (χ0v) is 17.7. The Kier molecular flexibility index (Phi) is 8.01. The first-order chi connectivity index (χ1) is 10.1. The molecule has 22 heavy (non-hydrogen) atoms. The van der Waals surface area contributed by atoms with Gasteiger partial charge in [-0.2, -0.15) is 0 Å². The maximum absolute atomic E-state index is 4.41. The third-order valence-electron chi connectivity index (χ3n) is 4.57. The number of thiol groups is 1. The highest BCUT2D eigenvalue weighted by molar-refractivity contribution is 14.1. The van der Waals surface area contributed by atoms with Crippen molar-refractivity contribution in [3.8, 4) is 0 Å². The Morgan fingerprint density at radius 3 is 2.45 bits per heavy atom. The van der Waals surface area contributed by atoms with E-state index in [0.29, 0.717) is 11.8 Å². The highest BCUT2D eigenvalue weighted by Crippen LogP contribution is 2.36. The molecule has 0 bridgehead atoms. The second-order valence-electron chi connectivity index (χ2n) is 7.63. The molecular weight excluding hydrogens is 399 g/mol. The van der Waals surface area contributed by atoms with E-state index >= 15 is 0 Å². The lowest BCUT2D eigenvalue weighted by molar-refractivity contribution is 0.415. The number of hydrogen-bond acceptors (Lipinski definition) is 1. The molecule has 124 valence electrons.